The molecule has 0 aromatic heterocycles. The standard InChI is InChI=1S/C17H25ClO/c1-4-19-15-9-8-13(2)12-14(15)16(18)17(3)10-6-5-7-11-17/h8-9,12,16H,4-7,10-11H2,1-3H3. The van der Waals surface area contributed by atoms with Crippen LogP contribution in [0.15, 0.2) is 18.2 Å². The van der Waals surface area contributed by atoms with E-state index in [0.29, 0.717) is 6.61 Å². The first-order valence-corrected chi connectivity index (χ1v) is 7.88. The lowest BCUT2D eigenvalue weighted by atomic mass is 9.71. The molecule has 1 saturated carbocycles. The second-order valence-corrected chi connectivity index (χ2v) is 6.49. The molecule has 2 heteroatoms. The summed E-state index contributed by atoms with van der Waals surface area (Å²) in [5, 5.41) is 0.0502. The molecule has 1 atom stereocenters. The van der Waals surface area contributed by atoms with Gasteiger partial charge in [-0.2, -0.15) is 0 Å². The monoisotopic (exact) mass is 280 g/mol. The first-order chi connectivity index (χ1) is 9.07. The van der Waals surface area contributed by atoms with Gasteiger partial charge in [-0.05, 0) is 38.2 Å². The topological polar surface area (TPSA) is 9.23 Å². The Morgan fingerprint density at radius 3 is 2.58 bits per heavy atom. The van der Waals surface area contributed by atoms with Gasteiger partial charge in [-0.3, -0.25) is 0 Å². The molecule has 1 fully saturated rings. The number of alkyl halides is 1. The van der Waals surface area contributed by atoms with Crippen LogP contribution in [0, 0.1) is 12.3 Å². The maximum absolute atomic E-state index is 6.86. The Hall–Kier alpha value is -0.690. The van der Waals surface area contributed by atoms with Crippen molar-refractivity contribution in [2.24, 2.45) is 5.41 Å². The molecule has 1 aliphatic rings. The lowest BCUT2D eigenvalue weighted by Gasteiger charge is -2.38. The largest absolute Gasteiger partial charge is 0.494 e. The van der Waals surface area contributed by atoms with Gasteiger partial charge in [0.15, 0.2) is 0 Å². The number of benzene rings is 1. The zero-order chi connectivity index (χ0) is 13.9. The number of rotatable bonds is 4. The summed E-state index contributed by atoms with van der Waals surface area (Å²) in [5.74, 6) is 0.958. The van der Waals surface area contributed by atoms with Crippen LogP contribution in [0.4, 0.5) is 0 Å². The van der Waals surface area contributed by atoms with E-state index in [-0.39, 0.29) is 10.8 Å². The first-order valence-electron chi connectivity index (χ1n) is 7.44. The SMILES string of the molecule is CCOc1ccc(C)cc1C(Cl)C1(C)CCCCC1. The van der Waals surface area contributed by atoms with Gasteiger partial charge in [-0.15, -0.1) is 11.6 Å². The molecular formula is C17H25ClO. The molecule has 0 N–H and O–H groups in total. The van der Waals surface area contributed by atoms with Crippen molar-refractivity contribution < 1.29 is 4.74 Å². The van der Waals surface area contributed by atoms with Crippen molar-refractivity contribution in [1.29, 1.82) is 0 Å². The Morgan fingerprint density at radius 2 is 1.95 bits per heavy atom. The van der Waals surface area contributed by atoms with Gasteiger partial charge in [0.05, 0.1) is 12.0 Å². The smallest absolute Gasteiger partial charge is 0.124 e. The van der Waals surface area contributed by atoms with E-state index < -0.39 is 0 Å². The normalized spacial score (nSPS) is 20.0. The van der Waals surface area contributed by atoms with Crippen LogP contribution in [-0.2, 0) is 0 Å². The minimum Gasteiger partial charge on any atom is -0.494 e. The van der Waals surface area contributed by atoms with Crippen LogP contribution in [0.3, 0.4) is 0 Å². The molecule has 0 saturated heterocycles. The third-order valence-corrected chi connectivity index (χ3v) is 5.11. The second-order valence-electron chi connectivity index (χ2n) is 6.05. The van der Waals surface area contributed by atoms with Crippen molar-refractivity contribution in [2.45, 2.75) is 58.3 Å². The highest BCUT2D eigenvalue weighted by Crippen LogP contribution is 2.51. The molecule has 0 aliphatic heterocycles. The molecule has 1 aromatic rings. The Bertz CT molecular complexity index is 421. The molecular weight excluding hydrogens is 256 g/mol. The average Bonchev–Trinajstić information content (AvgIpc) is 2.41. The predicted octanol–water partition coefficient (Wildman–Crippen LogP) is 5.64. The van der Waals surface area contributed by atoms with Crippen LogP contribution < -0.4 is 4.74 Å². The molecule has 1 nitrogen and oxygen atoms in total. The number of halogens is 1. The molecule has 2 rings (SSSR count). The van der Waals surface area contributed by atoms with Gasteiger partial charge < -0.3 is 4.74 Å². The fourth-order valence-electron chi connectivity index (χ4n) is 3.14. The van der Waals surface area contributed by atoms with E-state index in [2.05, 4.69) is 32.0 Å². The van der Waals surface area contributed by atoms with Gasteiger partial charge in [0, 0.05) is 5.56 Å². The summed E-state index contributed by atoms with van der Waals surface area (Å²) in [6, 6.07) is 6.36. The molecule has 0 spiro atoms. The highest BCUT2D eigenvalue weighted by molar-refractivity contribution is 6.21. The summed E-state index contributed by atoms with van der Waals surface area (Å²) in [4.78, 5) is 0. The predicted molar refractivity (Wildman–Crippen MR) is 82.1 cm³/mol. The van der Waals surface area contributed by atoms with Gasteiger partial charge in [-0.25, -0.2) is 0 Å². The molecule has 0 heterocycles. The van der Waals surface area contributed by atoms with Gasteiger partial charge in [0.2, 0.25) is 0 Å². The van der Waals surface area contributed by atoms with E-state index in [9.17, 15) is 0 Å². The molecule has 0 radical (unpaired) electrons. The van der Waals surface area contributed by atoms with E-state index in [1.54, 1.807) is 0 Å². The van der Waals surface area contributed by atoms with E-state index in [0.717, 1.165) is 5.75 Å². The summed E-state index contributed by atoms with van der Waals surface area (Å²) in [7, 11) is 0. The molecule has 0 amide bonds. The van der Waals surface area contributed by atoms with Crippen molar-refractivity contribution in [3.63, 3.8) is 0 Å². The molecule has 0 bridgehead atoms. The fourth-order valence-corrected chi connectivity index (χ4v) is 3.53. The molecule has 1 aromatic carbocycles. The maximum Gasteiger partial charge on any atom is 0.124 e. The van der Waals surface area contributed by atoms with Gasteiger partial charge in [0.1, 0.15) is 5.75 Å². The van der Waals surface area contributed by atoms with Gasteiger partial charge in [0.25, 0.3) is 0 Å². The van der Waals surface area contributed by atoms with E-state index >= 15 is 0 Å². The highest BCUT2D eigenvalue weighted by atomic mass is 35.5. The zero-order valence-electron chi connectivity index (χ0n) is 12.3. The van der Waals surface area contributed by atoms with Crippen molar-refractivity contribution >= 4 is 11.6 Å². The van der Waals surface area contributed by atoms with Gasteiger partial charge >= 0.3 is 0 Å². The Labute approximate surface area is 122 Å². The summed E-state index contributed by atoms with van der Waals surface area (Å²) in [5.41, 5.74) is 2.64. The fraction of sp³-hybridized carbons (Fsp3) is 0.647. The quantitative estimate of drug-likeness (QED) is 0.648. The lowest BCUT2D eigenvalue weighted by molar-refractivity contribution is 0.203. The summed E-state index contributed by atoms with van der Waals surface area (Å²) >= 11 is 6.86. The van der Waals surface area contributed by atoms with Crippen LogP contribution in [-0.4, -0.2) is 6.61 Å². The van der Waals surface area contributed by atoms with Crippen LogP contribution in [0.2, 0.25) is 0 Å². The second kappa shape index (κ2) is 6.17. The third kappa shape index (κ3) is 3.25. The average molecular weight is 281 g/mol. The zero-order valence-corrected chi connectivity index (χ0v) is 13.1. The van der Waals surface area contributed by atoms with Crippen LogP contribution >= 0.6 is 11.6 Å². The number of aryl methyl sites for hydroxylation is 1. The summed E-state index contributed by atoms with van der Waals surface area (Å²) < 4.78 is 5.76. The molecule has 106 valence electrons. The first kappa shape index (κ1) is 14.7. The van der Waals surface area contributed by atoms with Crippen LogP contribution in [0.5, 0.6) is 5.75 Å². The minimum atomic E-state index is 0.0502. The van der Waals surface area contributed by atoms with E-state index in [1.807, 2.05) is 6.92 Å². The Balaban J connectivity index is 2.30. The van der Waals surface area contributed by atoms with Crippen molar-refractivity contribution in [3.05, 3.63) is 29.3 Å². The number of hydrogen-bond donors (Lipinski definition) is 0. The lowest BCUT2D eigenvalue weighted by Crippen LogP contribution is -2.25. The summed E-state index contributed by atoms with van der Waals surface area (Å²) in [6.07, 6.45) is 6.40. The number of hydrogen-bond acceptors (Lipinski definition) is 1. The van der Waals surface area contributed by atoms with Crippen LogP contribution in [0.25, 0.3) is 0 Å². The number of ether oxygens (including phenoxy) is 1. The summed E-state index contributed by atoms with van der Waals surface area (Å²) in [6.45, 7) is 7.17. The third-order valence-electron chi connectivity index (χ3n) is 4.35. The highest BCUT2D eigenvalue weighted by Gasteiger charge is 2.36. The van der Waals surface area contributed by atoms with Crippen molar-refractivity contribution in [1.82, 2.24) is 0 Å². The Kier molecular flexibility index (Phi) is 4.78. The van der Waals surface area contributed by atoms with E-state index in [4.69, 9.17) is 16.3 Å². The van der Waals surface area contributed by atoms with Crippen LogP contribution in [0.1, 0.15) is 62.5 Å². The van der Waals surface area contributed by atoms with Crippen molar-refractivity contribution in [2.75, 3.05) is 6.61 Å². The van der Waals surface area contributed by atoms with Crippen molar-refractivity contribution in [3.8, 4) is 5.75 Å². The van der Waals surface area contributed by atoms with E-state index in [1.165, 1.54) is 43.2 Å². The molecule has 19 heavy (non-hydrogen) atoms. The Morgan fingerprint density at radius 1 is 1.26 bits per heavy atom. The van der Waals surface area contributed by atoms with Gasteiger partial charge in [-0.1, -0.05) is 43.9 Å². The molecule has 1 aliphatic carbocycles. The minimum absolute atomic E-state index is 0.0502. The maximum atomic E-state index is 6.86. The molecule has 1 unspecified atom stereocenters.